The molecule has 0 fully saturated rings. The highest BCUT2D eigenvalue weighted by atomic mass is 19.4. The van der Waals surface area contributed by atoms with E-state index in [4.69, 9.17) is 0 Å². The maximum atomic E-state index is 13.2. The number of amides is 1. The van der Waals surface area contributed by atoms with Gasteiger partial charge in [-0.3, -0.25) is 14.5 Å². The molecule has 192 valence electrons. The lowest BCUT2D eigenvalue weighted by atomic mass is 9.97. The molecule has 1 heterocycles. The fraction of sp³-hybridized carbons (Fsp3) is 0.161. The van der Waals surface area contributed by atoms with Crippen LogP contribution in [0.15, 0.2) is 97.1 Å². The third-order valence-corrected chi connectivity index (χ3v) is 6.71. The Morgan fingerprint density at radius 1 is 0.816 bits per heavy atom. The number of alkyl halides is 3. The Labute approximate surface area is 218 Å². The van der Waals surface area contributed by atoms with Gasteiger partial charge in [0.25, 0.3) is 5.91 Å². The van der Waals surface area contributed by atoms with Crippen molar-refractivity contribution in [1.82, 2.24) is 4.90 Å². The number of hydrogen-bond acceptors (Lipinski definition) is 3. The molecular weight excluding hydrogens is 489 g/mol. The molecule has 0 saturated heterocycles. The first-order chi connectivity index (χ1) is 18.3. The summed E-state index contributed by atoms with van der Waals surface area (Å²) in [5, 5.41) is 2.93. The summed E-state index contributed by atoms with van der Waals surface area (Å²) < 4.78 is 38.9. The number of carbonyl (C=O) groups is 2. The van der Waals surface area contributed by atoms with Crippen LogP contribution in [0.4, 0.5) is 18.9 Å². The zero-order valence-corrected chi connectivity index (χ0v) is 20.5. The van der Waals surface area contributed by atoms with Gasteiger partial charge in [-0.25, -0.2) is 0 Å². The molecule has 0 aromatic heterocycles. The number of nitrogens with zero attached hydrogens (tertiary/aromatic N) is 1. The number of ketones is 1. The molecule has 1 aliphatic rings. The Hall–Kier alpha value is -4.23. The molecule has 0 bridgehead atoms. The predicted octanol–water partition coefficient (Wildman–Crippen LogP) is 6.87. The first-order valence-electron chi connectivity index (χ1n) is 12.3. The standard InChI is InChI=1S/C31H25F3N2O2/c32-31(33,34)25-13-10-21(11-14-25)27-8-4-5-9-28(27)30(38)35-26-15-12-24-19-36(17-16-23(24)18-26)20-29(37)22-6-2-1-3-7-22/h1-15,18H,16-17,19-20H2,(H,35,38). The van der Waals surface area contributed by atoms with Gasteiger partial charge >= 0.3 is 6.18 Å². The third-order valence-electron chi connectivity index (χ3n) is 6.71. The predicted molar refractivity (Wildman–Crippen MR) is 141 cm³/mol. The summed E-state index contributed by atoms with van der Waals surface area (Å²) in [6.07, 6.45) is -3.67. The second-order valence-corrected chi connectivity index (χ2v) is 9.31. The van der Waals surface area contributed by atoms with Crippen molar-refractivity contribution in [2.24, 2.45) is 0 Å². The highest BCUT2D eigenvalue weighted by molar-refractivity contribution is 6.08. The van der Waals surface area contributed by atoms with Crippen LogP contribution in [0.3, 0.4) is 0 Å². The summed E-state index contributed by atoms with van der Waals surface area (Å²) in [6, 6.07) is 26.6. The maximum absolute atomic E-state index is 13.2. The summed E-state index contributed by atoms with van der Waals surface area (Å²) >= 11 is 0. The number of halogens is 3. The molecular formula is C31H25F3N2O2. The molecule has 7 heteroatoms. The minimum Gasteiger partial charge on any atom is -0.322 e. The van der Waals surface area contributed by atoms with E-state index in [1.165, 1.54) is 12.1 Å². The van der Waals surface area contributed by atoms with Gasteiger partial charge in [-0.15, -0.1) is 0 Å². The number of hydrogen-bond donors (Lipinski definition) is 1. The first-order valence-corrected chi connectivity index (χ1v) is 12.3. The van der Waals surface area contributed by atoms with Gasteiger partial charge < -0.3 is 5.32 Å². The fourth-order valence-electron chi connectivity index (χ4n) is 4.71. The highest BCUT2D eigenvalue weighted by Crippen LogP contribution is 2.32. The molecule has 0 saturated carbocycles. The number of carbonyl (C=O) groups excluding carboxylic acids is 2. The molecule has 1 amide bonds. The maximum Gasteiger partial charge on any atom is 0.416 e. The molecule has 0 spiro atoms. The van der Waals surface area contributed by atoms with Crippen LogP contribution in [-0.4, -0.2) is 29.7 Å². The van der Waals surface area contributed by atoms with Gasteiger partial charge in [-0.1, -0.05) is 66.7 Å². The summed E-state index contributed by atoms with van der Waals surface area (Å²) in [4.78, 5) is 27.9. The van der Waals surface area contributed by atoms with Crippen molar-refractivity contribution in [3.05, 3.63) is 125 Å². The molecule has 4 nitrogen and oxygen atoms in total. The SMILES string of the molecule is O=C(CN1CCc2cc(NC(=O)c3ccccc3-c3ccc(C(F)(F)F)cc3)ccc2C1)c1ccccc1. The summed E-state index contributed by atoms with van der Waals surface area (Å²) in [5.41, 5.74) is 4.28. The minimum absolute atomic E-state index is 0.0876. The summed E-state index contributed by atoms with van der Waals surface area (Å²) in [5.74, 6) is -0.254. The lowest BCUT2D eigenvalue weighted by molar-refractivity contribution is -0.137. The number of rotatable bonds is 6. The first kappa shape index (κ1) is 25.4. The summed E-state index contributed by atoms with van der Waals surface area (Å²) in [6.45, 7) is 1.74. The van der Waals surface area contributed by atoms with Crippen LogP contribution in [0.5, 0.6) is 0 Å². The van der Waals surface area contributed by atoms with E-state index in [1.807, 2.05) is 48.5 Å². The second-order valence-electron chi connectivity index (χ2n) is 9.31. The Morgan fingerprint density at radius 3 is 2.26 bits per heavy atom. The van der Waals surface area contributed by atoms with Crippen LogP contribution in [0.1, 0.15) is 37.4 Å². The fourth-order valence-corrected chi connectivity index (χ4v) is 4.71. The van der Waals surface area contributed by atoms with Gasteiger partial charge in [0.2, 0.25) is 0 Å². The molecule has 0 atom stereocenters. The van der Waals surface area contributed by atoms with Crippen LogP contribution < -0.4 is 5.32 Å². The van der Waals surface area contributed by atoms with E-state index in [9.17, 15) is 22.8 Å². The Kier molecular flexibility index (Phi) is 7.11. The van der Waals surface area contributed by atoms with Crippen LogP contribution in [0.2, 0.25) is 0 Å². The van der Waals surface area contributed by atoms with Crippen LogP contribution in [0, 0.1) is 0 Å². The van der Waals surface area contributed by atoms with Crippen molar-refractivity contribution in [3.63, 3.8) is 0 Å². The molecule has 4 aromatic carbocycles. The Balaban J connectivity index is 1.28. The van der Waals surface area contributed by atoms with E-state index in [2.05, 4.69) is 10.2 Å². The van der Waals surface area contributed by atoms with Crippen molar-refractivity contribution < 1.29 is 22.8 Å². The van der Waals surface area contributed by atoms with Crippen molar-refractivity contribution in [2.75, 3.05) is 18.4 Å². The van der Waals surface area contributed by atoms with Gasteiger partial charge in [0.1, 0.15) is 0 Å². The van der Waals surface area contributed by atoms with Crippen LogP contribution >= 0.6 is 0 Å². The van der Waals surface area contributed by atoms with Crippen molar-refractivity contribution >= 4 is 17.4 Å². The zero-order valence-electron chi connectivity index (χ0n) is 20.5. The van der Waals surface area contributed by atoms with Crippen molar-refractivity contribution in [1.29, 1.82) is 0 Å². The van der Waals surface area contributed by atoms with E-state index in [0.29, 0.717) is 41.0 Å². The quantitative estimate of drug-likeness (QED) is 0.286. The molecule has 0 aliphatic carbocycles. The molecule has 0 radical (unpaired) electrons. The van der Waals surface area contributed by atoms with Gasteiger partial charge in [0.05, 0.1) is 12.1 Å². The van der Waals surface area contributed by atoms with E-state index < -0.39 is 11.7 Å². The number of nitrogens with one attached hydrogen (secondary N) is 1. The minimum atomic E-state index is -4.42. The topological polar surface area (TPSA) is 49.4 Å². The van der Waals surface area contributed by atoms with Crippen molar-refractivity contribution in [3.8, 4) is 11.1 Å². The number of Topliss-reactive ketones (excluding diaryl/α,β-unsaturated/α-hetero) is 1. The van der Waals surface area contributed by atoms with Gasteiger partial charge in [0, 0.05) is 29.9 Å². The van der Waals surface area contributed by atoms with Gasteiger partial charge in [-0.05, 0) is 59.0 Å². The average molecular weight is 515 g/mol. The highest BCUT2D eigenvalue weighted by Gasteiger charge is 2.30. The number of benzene rings is 4. The second kappa shape index (κ2) is 10.6. The van der Waals surface area contributed by atoms with E-state index in [-0.39, 0.29) is 11.7 Å². The monoisotopic (exact) mass is 514 g/mol. The van der Waals surface area contributed by atoms with E-state index in [1.54, 1.807) is 24.3 Å². The lowest BCUT2D eigenvalue weighted by Gasteiger charge is -2.28. The molecule has 5 rings (SSSR count). The lowest BCUT2D eigenvalue weighted by Crippen LogP contribution is -2.35. The molecule has 0 unspecified atom stereocenters. The smallest absolute Gasteiger partial charge is 0.322 e. The average Bonchev–Trinajstić information content (AvgIpc) is 2.93. The van der Waals surface area contributed by atoms with E-state index in [0.717, 1.165) is 36.2 Å². The third kappa shape index (κ3) is 5.68. The van der Waals surface area contributed by atoms with Crippen LogP contribution in [-0.2, 0) is 19.1 Å². The van der Waals surface area contributed by atoms with Gasteiger partial charge in [-0.2, -0.15) is 13.2 Å². The van der Waals surface area contributed by atoms with Crippen LogP contribution in [0.25, 0.3) is 11.1 Å². The van der Waals surface area contributed by atoms with Gasteiger partial charge in [0.15, 0.2) is 5.78 Å². The molecule has 4 aromatic rings. The molecule has 38 heavy (non-hydrogen) atoms. The zero-order chi connectivity index (χ0) is 26.7. The normalized spacial score (nSPS) is 13.6. The Bertz CT molecular complexity index is 1460. The Morgan fingerprint density at radius 2 is 1.53 bits per heavy atom. The number of fused-ring (bicyclic) bond motifs is 1. The van der Waals surface area contributed by atoms with Crippen molar-refractivity contribution in [2.45, 2.75) is 19.1 Å². The number of anilines is 1. The molecule has 1 N–H and O–H groups in total. The molecule has 1 aliphatic heterocycles. The summed E-state index contributed by atoms with van der Waals surface area (Å²) in [7, 11) is 0. The van der Waals surface area contributed by atoms with E-state index >= 15 is 0 Å². The largest absolute Gasteiger partial charge is 0.416 e.